The number of benzene rings is 2. The van der Waals surface area contributed by atoms with Crippen molar-refractivity contribution in [1.29, 1.82) is 0 Å². The molecule has 2 aliphatic heterocycles. The van der Waals surface area contributed by atoms with E-state index in [9.17, 15) is 13.6 Å². The Bertz CT molecular complexity index is 834. The number of hydrogen-bond acceptors (Lipinski definition) is 3. The number of rotatable bonds is 3. The predicted molar refractivity (Wildman–Crippen MR) is 95.6 cm³/mol. The van der Waals surface area contributed by atoms with Gasteiger partial charge in [-0.25, -0.2) is 8.78 Å². The Labute approximate surface area is 149 Å². The Morgan fingerprint density at radius 2 is 1.88 bits per heavy atom. The van der Waals surface area contributed by atoms with Gasteiger partial charge in [-0.3, -0.25) is 9.69 Å². The molecule has 0 spiro atoms. The van der Waals surface area contributed by atoms with Crippen LogP contribution in [0.4, 0.5) is 8.78 Å². The topological polar surface area (TPSA) is 32.3 Å². The molecular formula is C19H18F2N2OS. The smallest absolute Gasteiger partial charge is 0.251 e. The Morgan fingerprint density at radius 1 is 1.08 bits per heavy atom. The quantitative estimate of drug-likeness (QED) is 0.910. The maximum atomic E-state index is 14.2. The van der Waals surface area contributed by atoms with Crippen LogP contribution in [0, 0.1) is 11.6 Å². The van der Waals surface area contributed by atoms with E-state index in [1.807, 2.05) is 17.8 Å². The molecule has 2 aliphatic rings. The van der Waals surface area contributed by atoms with Gasteiger partial charge in [0, 0.05) is 54.9 Å². The van der Waals surface area contributed by atoms with Gasteiger partial charge in [0.15, 0.2) is 0 Å². The van der Waals surface area contributed by atoms with Gasteiger partial charge in [0.1, 0.15) is 11.6 Å². The Balaban J connectivity index is 1.76. The molecule has 3 nitrogen and oxygen atoms in total. The lowest BCUT2D eigenvalue weighted by Crippen LogP contribution is -2.32. The molecule has 0 aromatic heterocycles. The minimum Gasteiger partial charge on any atom is -0.348 e. The second-order valence-electron chi connectivity index (χ2n) is 6.36. The fraction of sp³-hybridized carbons (Fsp3) is 0.316. The van der Waals surface area contributed by atoms with Crippen LogP contribution in [-0.2, 0) is 13.1 Å². The van der Waals surface area contributed by atoms with Crippen LogP contribution in [0.3, 0.4) is 0 Å². The van der Waals surface area contributed by atoms with Crippen LogP contribution in [0.1, 0.15) is 21.5 Å². The highest BCUT2D eigenvalue weighted by Crippen LogP contribution is 2.31. The zero-order valence-corrected chi connectivity index (χ0v) is 14.5. The predicted octanol–water partition coefficient (Wildman–Crippen LogP) is 3.42. The maximum Gasteiger partial charge on any atom is 0.251 e. The van der Waals surface area contributed by atoms with E-state index in [1.54, 1.807) is 6.07 Å². The van der Waals surface area contributed by atoms with E-state index in [4.69, 9.17) is 0 Å². The summed E-state index contributed by atoms with van der Waals surface area (Å²) < 4.78 is 27.4. The minimum absolute atomic E-state index is 0.130. The molecule has 4 rings (SSSR count). The molecule has 0 atom stereocenters. The number of hydrogen-bond donors (Lipinski definition) is 1. The average Bonchev–Trinajstić information content (AvgIpc) is 2.97. The van der Waals surface area contributed by atoms with Gasteiger partial charge >= 0.3 is 0 Å². The van der Waals surface area contributed by atoms with Crippen LogP contribution in [0.25, 0.3) is 11.1 Å². The summed E-state index contributed by atoms with van der Waals surface area (Å²) in [5.74, 6) is 0.858. The van der Waals surface area contributed by atoms with E-state index < -0.39 is 11.6 Å². The number of carbonyl (C=O) groups is 1. The summed E-state index contributed by atoms with van der Waals surface area (Å²) >= 11 is 1.95. The number of amides is 1. The van der Waals surface area contributed by atoms with Crippen LogP contribution in [0.2, 0.25) is 0 Å². The lowest BCUT2D eigenvalue weighted by Gasteiger charge is -2.27. The molecule has 1 N–H and O–H groups in total. The highest BCUT2D eigenvalue weighted by Gasteiger charge is 2.25. The number of nitrogens with one attached hydrogen (secondary N) is 1. The summed E-state index contributed by atoms with van der Waals surface area (Å²) in [7, 11) is 0. The lowest BCUT2D eigenvalue weighted by molar-refractivity contribution is 0.0966. The summed E-state index contributed by atoms with van der Waals surface area (Å²) in [6.07, 6.45) is 0. The normalized spacial score (nSPS) is 17.4. The summed E-state index contributed by atoms with van der Waals surface area (Å²) in [6, 6.07) is 7.21. The van der Waals surface area contributed by atoms with Crippen molar-refractivity contribution < 1.29 is 13.6 Å². The van der Waals surface area contributed by atoms with Crippen LogP contribution in [0.5, 0.6) is 0 Å². The summed E-state index contributed by atoms with van der Waals surface area (Å²) in [4.78, 5) is 14.5. The first-order chi connectivity index (χ1) is 12.1. The molecule has 2 heterocycles. The van der Waals surface area contributed by atoms with Crippen molar-refractivity contribution in [2.45, 2.75) is 13.1 Å². The molecule has 0 saturated carbocycles. The molecule has 1 saturated heterocycles. The van der Waals surface area contributed by atoms with Crippen molar-refractivity contribution in [2.75, 3.05) is 24.6 Å². The molecule has 0 unspecified atom stereocenters. The fourth-order valence-corrected chi connectivity index (χ4v) is 4.41. The Morgan fingerprint density at radius 3 is 2.64 bits per heavy atom. The molecule has 1 amide bonds. The standard InChI is InChI=1S/C19H18F2N2OS/c20-14-1-2-15(18(21)9-14)12-7-13(11-23-3-5-25-6-4-23)17-10-22-19(24)16(17)8-12/h1-2,7-9H,3-6,10-11H2,(H,22,24). The molecule has 1 fully saturated rings. The van der Waals surface area contributed by atoms with Crippen LogP contribution >= 0.6 is 11.8 Å². The first-order valence-corrected chi connectivity index (χ1v) is 9.47. The largest absolute Gasteiger partial charge is 0.348 e. The number of thioether (sulfide) groups is 1. The van der Waals surface area contributed by atoms with E-state index >= 15 is 0 Å². The van der Waals surface area contributed by atoms with Crippen molar-refractivity contribution in [2.24, 2.45) is 0 Å². The summed E-state index contributed by atoms with van der Waals surface area (Å²) in [5.41, 5.74) is 3.58. The monoisotopic (exact) mass is 360 g/mol. The number of nitrogens with zero attached hydrogens (tertiary/aromatic N) is 1. The van der Waals surface area contributed by atoms with Gasteiger partial charge < -0.3 is 5.32 Å². The van der Waals surface area contributed by atoms with E-state index in [-0.39, 0.29) is 5.91 Å². The maximum absolute atomic E-state index is 14.2. The third-order valence-electron chi connectivity index (χ3n) is 4.75. The summed E-state index contributed by atoms with van der Waals surface area (Å²) in [6.45, 7) is 3.28. The number of carbonyl (C=O) groups excluding carboxylic acids is 1. The van der Waals surface area contributed by atoms with Gasteiger partial charge in [0.2, 0.25) is 0 Å². The molecule has 2 aromatic rings. The number of fused-ring (bicyclic) bond motifs is 1. The van der Waals surface area contributed by atoms with E-state index in [2.05, 4.69) is 10.2 Å². The second-order valence-corrected chi connectivity index (χ2v) is 7.58. The van der Waals surface area contributed by atoms with Crippen LogP contribution in [-0.4, -0.2) is 35.4 Å². The van der Waals surface area contributed by atoms with Crippen LogP contribution < -0.4 is 5.32 Å². The first kappa shape index (κ1) is 16.5. The van der Waals surface area contributed by atoms with Crippen molar-refractivity contribution in [3.05, 3.63) is 58.7 Å². The molecule has 25 heavy (non-hydrogen) atoms. The molecule has 0 bridgehead atoms. The van der Waals surface area contributed by atoms with Gasteiger partial charge in [0.25, 0.3) is 5.91 Å². The molecule has 130 valence electrons. The zero-order chi connectivity index (χ0) is 17.4. The van der Waals surface area contributed by atoms with Gasteiger partial charge in [-0.05, 0) is 41.0 Å². The van der Waals surface area contributed by atoms with Gasteiger partial charge in [-0.15, -0.1) is 0 Å². The van der Waals surface area contributed by atoms with E-state index in [1.165, 1.54) is 12.1 Å². The second kappa shape index (κ2) is 6.77. The van der Waals surface area contributed by atoms with E-state index in [0.29, 0.717) is 23.2 Å². The van der Waals surface area contributed by atoms with Gasteiger partial charge in [-0.1, -0.05) is 0 Å². The lowest BCUT2D eigenvalue weighted by atomic mass is 9.95. The SMILES string of the molecule is O=C1NCc2c(CN3CCSCC3)cc(-c3ccc(F)cc3F)cc21. The zero-order valence-electron chi connectivity index (χ0n) is 13.6. The molecule has 0 radical (unpaired) electrons. The minimum atomic E-state index is -0.612. The van der Waals surface area contributed by atoms with Gasteiger partial charge in [-0.2, -0.15) is 11.8 Å². The summed E-state index contributed by atoms with van der Waals surface area (Å²) in [5, 5.41) is 2.85. The highest BCUT2D eigenvalue weighted by molar-refractivity contribution is 7.99. The van der Waals surface area contributed by atoms with Crippen molar-refractivity contribution in [1.82, 2.24) is 10.2 Å². The third-order valence-corrected chi connectivity index (χ3v) is 5.69. The van der Waals surface area contributed by atoms with Crippen LogP contribution in [0.15, 0.2) is 30.3 Å². The van der Waals surface area contributed by atoms with Crippen molar-refractivity contribution in [3.63, 3.8) is 0 Å². The average molecular weight is 360 g/mol. The molecule has 0 aliphatic carbocycles. The Kier molecular flexibility index (Phi) is 4.48. The first-order valence-electron chi connectivity index (χ1n) is 8.31. The molecular weight excluding hydrogens is 342 g/mol. The van der Waals surface area contributed by atoms with E-state index in [0.717, 1.165) is 48.3 Å². The van der Waals surface area contributed by atoms with Crippen molar-refractivity contribution in [3.8, 4) is 11.1 Å². The molecule has 2 aromatic carbocycles. The Hall–Kier alpha value is -1.92. The third kappa shape index (κ3) is 3.28. The molecule has 6 heteroatoms. The number of halogens is 2. The fourth-order valence-electron chi connectivity index (χ4n) is 3.43. The van der Waals surface area contributed by atoms with Crippen molar-refractivity contribution >= 4 is 17.7 Å². The highest BCUT2D eigenvalue weighted by atomic mass is 32.2. The van der Waals surface area contributed by atoms with Gasteiger partial charge in [0.05, 0.1) is 0 Å².